The first kappa shape index (κ1) is 11.4. The van der Waals surface area contributed by atoms with Gasteiger partial charge in [-0.2, -0.15) is 5.10 Å². The second kappa shape index (κ2) is 4.52. The maximum atomic E-state index is 6.19. The molecule has 4 heteroatoms. The number of nitrogens with zero attached hydrogens (tertiary/aromatic N) is 2. The van der Waals surface area contributed by atoms with Crippen LogP contribution in [0.4, 0.5) is 11.4 Å². The highest BCUT2D eigenvalue weighted by Crippen LogP contribution is 2.34. The van der Waals surface area contributed by atoms with Crippen LogP contribution in [-0.4, -0.2) is 23.3 Å². The Labute approximate surface area is 107 Å². The molecule has 4 nitrogen and oxygen atoms in total. The third kappa shape index (κ3) is 2.15. The van der Waals surface area contributed by atoms with E-state index in [1.165, 1.54) is 12.8 Å². The molecule has 1 aromatic carbocycles. The second-order valence-corrected chi connectivity index (χ2v) is 5.26. The second-order valence-electron chi connectivity index (χ2n) is 5.26. The molecule has 0 atom stereocenters. The molecule has 0 aliphatic heterocycles. The van der Waals surface area contributed by atoms with Crippen LogP contribution in [0.1, 0.15) is 26.2 Å². The maximum Gasteiger partial charge on any atom is 0.0672 e. The van der Waals surface area contributed by atoms with E-state index >= 15 is 0 Å². The van der Waals surface area contributed by atoms with Gasteiger partial charge >= 0.3 is 0 Å². The minimum atomic E-state index is 0.859. The number of hydrogen-bond donors (Lipinski definition) is 2. The van der Waals surface area contributed by atoms with Crippen molar-refractivity contribution in [1.29, 1.82) is 0 Å². The van der Waals surface area contributed by atoms with E-state index in [0.29, 0.717) is 0 Å². The smallest absolute Gasteiger partial charge is 0.0672 e. The number of hydrogen-bond acceptors (Lipinski definition) is 3. The lowest BCUT2D eigenvalue weighted by Crippen LogP contribution is -2.27. The Kier molecular flexibility index (Phi) is 2.86. The third-order valence-electron chi connectivity index (χ3n) is 3.60. The van der Waals surface area contributed by atoms with Crippen molar-refractivity contribution in [2.24, 2.45) is 5.92 Å². The Bertz CT molecular complexity index is 542. The van der Waals surface area contributed by atoms with Crippen LogP contribution in [0.25, 0.3) is 10.9 Å². The monoisotopic (exact) mass is 244 g/mol. The van der Waals surface area contributed by atoms with E-state index in [0.717, 1.165) is 47.7 Å². The first-order valence-electron chi connectivity index (χ1n) is 6.75. The van der Waals surface area contributed by atoms with E-state index in [4.69, 9.17) is 5.73 Å². The summed E-state index contributed by atoms with van der Waals surface area (Å²) in [7, 11) is 0. The van der Waals surface area contributed by atoms with Crippen LogP contribution in [0.5, 0.6) is 0 Å². The summed E-state index contributed by atoms with van der Waals surface area (Å²) in [4.78, 5) is 2.42. The van der Waals surface area contributed by atoms with Crippen molar-refractivity contribution < 1.29 is 0 Å². The van der Waals surface area contributed by atoms with E-state index in [1.807, 2.05) is 12.3 Å². The van der Waals surface area contributed by atoms with Crippen LogP contribution in [0.2, 0.25) is 0 Å². The van der Waals surface area contributed by atoms with Crippen LogP contribution in [-0.2, 0) is 0 Å². The summed E-state index contributed by atoms with van der Waals surface area (Å²) < 4.78 is 0. The molecule has 1 aromatic heterocycles. The molecule has 0 unspecified atom stereocenters. The van der Waals surface area contributed by atoms with E-state index in [9.17, 15) is 0 Å². The fourth-order valence-electron chi connectivity index (χ4n) is 2.46. The van der Waals surface area contributed by atoms with Crippen molar-refractivity contribution >= 4 is 22.3 Å². The Balaban J connectivity index is 1.94. The summed E-state index contributed by atoms with van der Waals surface area (Å²) in [5.41, 5.74) is 9.27. The molecule has 18 heavy (non-hydrogen) atoms. The minimum absolute atomic E-state index is 0.859. The summed E-state index contributed by atoms with van der Waals surface area (Å²) in [6.07, 6.45) is 5.70. The predicted molar refractivity (Wildman–Crippen MR) is 75.7 cm³/mol. The highest BCUT2D eigenvalue weighted by molar-refractivity contribution is 5.88. The van der Waals surface area contributed by atoms with Crippen molar-refractivity contribution in [2.75, 3.05) is 23.7 Å². The number of aromatic nitrogens is 2. The minimum Gasteiger partial charge on any atom is -0.397 e. The van der Waals surface area contributed by atoms with Crippen molar-refractivity contribution in [2.45, 2.75) is 26.2 Å². The Morgan fingerprint density at radius 2 is 2.28 bits per heavy atom. The molecule has 1 saturated carbocycles. The molecular formula is C14H20N4. The van der Waals surface area contributed by atoms with Gasteiger partial charge in [-0.3, -0.25) is 5.10 Å². The number of rotatable bonds is 5. The lowest BCUT2D eigenvalue weighted by atomic mass is 10.1. The number of benzene rings is 1. The molecule has 3 rings (SSSR count). The molecule has 0 radical (unpaired) electrons. The van der Waals surface area contributed by atoms with Gasteiger partial charge in [-0.25, -0.2) is 0 Å². The number of anilines is 2. The van der Waals surface area contributed by atoms with Crippen molar-refractivity contribution in [3.05, 3.63) is 18.3 Å². The molecule has 3 N–H and O–H groups in total. The molecule has 96 valence electrons. The first-order valence-corrected chi connectivity index (χ1v) is 6.75. The normalized spacial score (nSPS) is 15.2. The Morgan fingerprint density at radius 3 is 3.00 bits per heavy atom. The number of nitrogens with two attached hydrogens (primary N) is 1. The molecule has 1 fully saturated rings. The third-order valence-corrected chi connectivity index (χ3v) is 3.60. The van der Waals surface area contributed by atoms with Crippen molar-refractivity contribution in [3.63, 3.8) is 0 Å². The summed E-state index contributed by atoms with van der Waals surface area (Å²) >= 11 is 0. The summed E-state index contributed by atoms with van der Waals surface area (Å²) in [6.45, 7) is 4.42. The van der Waals surface area contributed by atoms with Gasteiger partial charge in [0.05, 0.1) is 23.1 Å². The zero-order valence-corrected chi connectivity index (χ0v) is 10.8. The van der Waals surface area contributed by atoms with Crippen LogP contribution in [0.15, 0.2) is 18.3 Å². The van der Waals surface area contributed by atoms with Crippen molar-refractivity contribution in [1.82, 2.24) is 10.2 Å². The lowest BCUT2D eigenvalue weighted by Gasteiger charge is -2.25. The number of nitrogens with one attached hydrogen (secondary N) is 1. The van der Waals surface area contributed by atoms with Gasteiger partial charge in [0, 0.05) is 18.5 Å². The van der Waals surface area contributed by atoms with E-state index in [1.54, 1.807) is 0 Å². The van der Waals surface area contributed by atoms with Gasteiger partial charge in [0.25, 0.3) is 0 Å². The highest BCUT2D eigenvalue weighted by atomic mass is 15.1. The number of fused-ring (bicyclic) bond motifs is 1. The quantitative estimate of drug-likeness (QED) is 0.795. The van der Waals surface area contributed by atoms with E-state index in [-0.39, 0.29) is 0 Å². The summed E-state index contributed by atoms with van der Waals surface area (Å²) in [5, 5.41) is 8.17. The molecule has 0 bridgehead atoms. The average Bonchev–Trinajstić information content (AvgIpc) is 3.05. The van der Waals surface area contributed by atoms with Crippen LogP contribution in [0, 0.1) is 5.92 Å². The fourth-order valence-corrected chi connectivity index (χ4v) is 2.46. The molecule has 1 aliphatic rings. The standard InChI is InChI=1S/C14H20N4/c1-2-5-18(9-10-3-4-10)14-7-13-11(6-12(14)15)8-16-17-13/h6-8,10H,2-5,9,15H2,1H3,(H,16,17). The van der Waals surface area contributed by atoms with Crippen molar-refractivity contribution in [3.8, 4) is 0 Å². The SMILES string of the molecule is CCCN(CC1CC1)c1cc2[nH]ncc2cc1N. The number of H-pyrrole nitrogens is 1. The van der Waals surface area contributed by atoms with Gasteiger partial charge in [-0.05, 0) is 37.3 Å². The molecule has 1 aliphatic carbocycles. The van der Waals surface area contributed by atoms with Gasteiger partial charge in [0.2, 0.25) is 0 Å². The topological polar surface area (TPSA) is 57.9 Å². The molecule has 0 spiro atoms. The highest BCUT2D eigenvalue weighted by Gasteiger charge is 2.25. The predicted octanol–water partition coefficient (Wildman–Crippen LogP) is 2.77. The largest absolute Gasteiger partial charge is 0.397 e. The van der Waals surface area contributed by atoms with Gasteiger partial charge in [-0.15, -0.1) is 0 Å². The summed E-state index contributed by atoms with van der Waals surface area (Å²) in [5.74, 6) is 0.869. The molecule has 2 aromatic rings. The zero-order chi connectivity index (χ0) is 12.5. The van der Waals surface area contributed by atoms with E-state index in [2.05, 4.69) is 28.1 Å². The van der Waals surface area contributed by atoms with Gasteiger partial charge in [0.15, 0.2) is 0 Å². The number of aromatic amines is 1. The fraction of sp³-hybridized carbons (Fsp3) is 0.500. The zero-order valence-electron chi connectivity index (χ0n) is 10.8. The van der Waals surface area contributed by atoms with Crippen LogP contribution in [0.3, 0.4) is 0 Å². The Hall–Kier alpha value is -1.71. The summed E-state index contributed by atoms with van der Waals surface area (Å²) in [6, 6.07) is 4.15. The molecular weight excluding hydrogens is 224 g/mol. The molecule has 1 heterocycles. The number of nitrogen functional groups attached to an aromatic ring is 1. The average molecular weight is 244 g/mol. The van der Waals surface area contributed by atoms with Crippen LogP contribution >= 0.6 is 0 Å². The van der Waals surface area contributed by atoms with E-state index < -0.39 is 0 Å². The first-order chi connectivity index (χ1) is 8.78. The van der Waals surface area contributed by atoms with Gasteiger partial charge in [-0.1, -0.05) is 6.92 Å². The maximum absolute atomic E-state index is 6.19. The Morgan fingerprint density at radius 1 is 1.44 bits per heavy atom. The van der Waals surface area contributed by atoms with Crippen LogP contribution < -0.4 is 10.6 Å². The van der Waals surface area contributed by atoms with Gasteiger partial charge in [0.1, 0.15) is 0 Å². The molecule has 0 saturated heterocycles. The molecule has 0 amide bonds. The lowest BCUT2D eigenvalue weighted by molar-refractivity contribution is 0.709. The van der Waals surface area contributed by atoms with Gasteiger partial charge < -0.3 is 10.6 Å².